The van der Waals surface area contributed by atoms with Crippen LogP contribution in [0.5, 0.6) is 5.75 Å². The SMILES string of the molecule is O=C(NN=Cc1cccc(O)c1)c1csc(-n2nc(C(F)(F)F)cc2-c2ccc3ccccc3c2)n1. The monoisotopic (exact) mass is 507 g/mol. The van der Waals surface area contributed by atoms with Crippen molar-refractivity contribution in [2.24, 2.45) is 5.10 Å². The number of alkyl halides is 3. The predicted octanol–water partition coefficient (Wildman–Crippen LogP) is 5.64. The topological polar surface area (TPSA) is 92.4 Å². The standard InChI is InChI=1S/C25H16F3N5O2S/c26-25(27,28)22-12-21(18-9-8-16-5-1-2-6-17(16)11-18)33(32-22)24-30-20(14-36-24)23(35)31-29-13-15-4-3-7-19(34)10-15/h1-14,34H,(H,31,35). The highest BCUT2D eigenvalue weighted by atomic mass is 32.1. The van der Waals surface area contributed by atoms with Crippen LogP contribution in [0.1, 0.15) is 21.7 Å². The van der Waals surface area contributed by atoms with Crippen molar-refractivity contribution in [3.8, 4) is 22.1 Å². The number of fused-ring (bicyclic) bond motifs is 1. The second-order valence-corrected chi connectivity index (χ2v) is 8.53. The number of carbonyl (C=O) groups excluding carboxylic acids is 1. The summed E-state index contributed by atoms with van der Waals surface area (Å²) in [6.45, 7) is 0. The number of thiazole rings is 1. The Morgan fingerprint density at radius 2 is 1.83 bits per heavy atom. The van der Waals surface area contributed by atoms with Crippen LogP contribution in [0.15, 0.2) is 83.3 Å². The number of aromatic nitrogens is 3. The summed E-state index contributed by atoms with van der Waals surface area (Å²) in [5, 5.41) is 20.4. The average Bonchev–Trinajstić information content (AvgIpc) is 3.51. The zero-order valence-electron chi connectivity index (χ0n) is 18.3. The van der Waals surface area contributed by atoms with Gasteiger partial charge in [-0.3, -0.25) is 4.79 Å². The normalized spacial score (nSPS) is 11.9. The molecule has 5 aromatic rings. The minimum Gasteiger partial charge on any atom is -0.508 e. The number of hydrogen-bond acceptors (Lipinski definition) is 6. The number of nitrogens with zero attached hydrogens (tertiary/aromatic N) is 4. The molecule has 7 nitrogen and oxygen atoms in total. The van der Waals surface area contributed by atoms with Crippen molar-refractivity contribution in [2.75, 3.05) is 0 Å². The highest BCUT2D eigenvalue weighted by Crippen LogP contribution is 2.34. The summed E-state index contributed by atoms with van der Waals surface area (Å²) in [7, 11) is 0. The van der Waals surface area contributed by atoms with E-state index in [1.54, 1.807) is 24.3 Å². The van der Waals surface area contributed by atoms with Crippen molar-refractivity contribution < 1.29 is 23.1 Å². The minimum absolute atomic E-state index is 0.0309. The Balaban J connectivity index is 1.45. The van der Waals surface area contributed by atoms with E-state index in [2.05, 4.69) is 20.6 Å². The molecule has 2 N–H and O–H groups in total. The maximum atomic E-state index is 13.5. The van der Waals surface area contributed by atoms with E-state index in [0.29, 0.717) is 11.1 Å². The molecule has 0 radical (unpaired) electrons. The second-order valence-electron chi connectivity index (χ2n) is 7.70. The third kappa shape index (κ3) is 4.82. The zero-order chi connectivity index (χ0) is 25.3. The molecular weight excluding hydrogens is 491 g/mol. The number of halogens is 3. The second kappa shape index (κ2) is 9.27. The van der Waals surface area contributed by atoms with Crippen LogP contribution in [0.2, 0.25) is 0 Å². The van der Waals surface area contributed by atoms with Gasteiger partial charge in [0, 0.05) is 10.9 Å². The molecule has 3 aromatic carbocycles. The first kappa shape index (κ1) is 23.2. The van der Waals surface area contributed by atoms with Gasteiger partial charge in [-0.15, -0.1) is 11.3 Å². The maximum Gasteiger partial charge on any atom is 0.435 e. The maximum absolute atomic E-state index is 13.5. The highest BCUT2D eigenvalue weighted by molar-refractivity contribution is 7.12. The molecule has 0 atom stereocenters. The molecule has 180 valence electrons. The van der Waals surface area contributed by atoms with Crippen molar-refractivity contribution in [1.29, 1.82) is 0 Å². The number of hydrogen-bond donors (Lipinski definition) is 2. The number of phenols is 1. The number of hydrazone groups is 1. The van der Waals surface area contributed by atoms with E-state index >= 15 is 0 Å². The molecule has 0 bridgehead atoms. The van der Waals surface area contributed by atoms with E-state index in [1.807, 2.05) is 30.3 Å². The van der Waals surface area contributed by atoms with E-state index in [4.69, 9.17) is 0 Å². The number of rotatable bonds is 5. The lowest BCUT2D eigenvalue weighted by molar-refractivity contribution is -0.141. The quantitative estimate of drug-likeness (QED) is 0.238. The first-order chi connectivity index (χ1) is 17.3. The van der Waals surface area contributed by atoms with Crippen LogP contribution >= 0.6 is 11.3 Å². The van der Waals surface area contributed by atoms with Gasteiger partial charge in [-0.1, -0.05) is 48.5 Å². The number of phenolic OH excluding ortho intramolecular Hbond substituents is 1. The number of nitrogens with one attached hydrogen (secondary N) is 1. The van der Waals surface area contributed by atoms with E-state index in [9.17, 15) is 23.1 Å². The molecule has 36 heavy (non-hydrogen) atoms. The summed E-state index contributed by atoms with van der Waals surface area (Å²) in [4.78, 5) is 16.7. The summed E-state index contributed by atoms with van der Waals surface area (Å²) in [6, 6.07) is 20.0. The number of aromatic hydroxyl groups is 1. The van der Waals surface area contributed by atoms with Crippen LogP contribution in [0.3, 0.4) is 0 Å². The fourth-order valence-electron chi connectivity index (χ4n) is 3.51. The smallest absolute Gasteiger partial charge is 0.435 e. The Hall–Kier alpha value is -4.51. The zero-order valence-corrected chi connectivity index (χ0v) is 19.1. The fourth-order valence-corrected chi connectivity index (χ4v) is 4.28. The van der Waals surface area contributed by atoms with Gasteiger partial charge in [-0.25, -0.2) is 15.1 Å². The van der Waals surface area contributed by atoms with Gasteiger partial charge in [-0.05, 0) is 40.6 Å². The molecule has 1 amide bonds. The summed E-state index contributed by atoms with van der Waals surface area (Å²) in [5.41, 5.74) is 2.49. The third-order valence-corrected chi connectivity index (χ3v) is 6.02. The van der Waals surface area contributed by atoms with E-state index in [-0.39, 0.29) is 22.3 Å². The van der Waals surface area contributed by atoms with Crippen molar-refractivity contribution in [1.82, 2.24) is 20.2 Å². The van der Waals surface area contributed by atoms with Crippen LogP contribution in [0, 0.1) is 0 Å². The molecule has 0 saturated heterocycles. The highest BCUT2D eigenvalue weighted by Gasteiger charge is 2.35. The fraction of sp³-hybridized carbons (Fsp3) is 0.0400. The van der Waals surface area contributed by atoms with Crippen LogP contribution in [0.4, 0.5) is 13.2 Å². The molecule has 0 saturated carbocycles. The molecular formula is C25H16F3N5O2S. The molecule has 0 spiro atoms. The van der Waals surface area contributed by atoms with Crippen LogP contribution in [-0.4, -0.2) is 32.0 Å². The Morgan fingerprint density at radius 1 is 1.03 bits per heavy atom. The number of amides is 1. The molecule has 2 aromatic heterocycles. The van der Waals surface area contributed by atoms with E-state index in [1.165, 1.54) is 23.7 Å². The van der Waals surface area contributed by atoms with Gasteiger partial charge >= 0.3 is 6.18 Å². The summed E-state index contributed by atoms with van der Waals surface area (Å²) >= 11 is 0.975. The number of benzene rings is 3. The van der Waals surface area contributed by atoms with Crippen molar-refractivity contribution in [3.05, 3.63) is 95.1 Å². The Labute approximate surface area is 206 Å². The molecule has 0 aliphatic carbocycles. The summed E-state index contributed by atoms with van der Waals surface area (Å²) in [5.74, 6) is -0.599. The van der Waals surface area contributed by atoms with E-state index < -0.39 is 17.8 Å². The lowest BCUT2D eigenvalue weighted by Gasteiger charge is -2.06. The van der Waals surface area contributed by atoms with E-state index in [0.717, 1.165) is 32.9 Å². The largest absolute Gasteiger partial charge is 0.508 e. The summed E-state index contributed by atoms with van der Waals surface area (Å²) < 4.78 is 41.6. The van der Waals surface area contributed by atoms with Gasteiger partial charge in [0.25, 0.3) is 5.91 Å². The van der Waals surface area contributed by atoms with Crippen LogP contribution in [0.25, 0.3) is 27.2 Å². The lowest BCUT2D eigenvalue weighted by Crippen LogP contribution is -2.18. The predicted molar refractivity (Wildman–Crippen MR) is 130 cm³/mol. The van der Waals surface area contributed by atoms with Gasteiger partial charge in [0.15, 0.2) is 5.69 Å². The van der Waals surface area contributed by atoms with Gasteiger partial charge in [0.1, 0.15) is 11.4 Å². The average molecular weight is 507 g/mol. The molecule has 5 rings (SSSR count). The van der Waals surface area contributed by atoms with Crippen LogP contribution in [-0.2, 0) is 6.18 Å². The summed E-state index contributed by atoms with van der Waals surface area (Å²) in [6.07, 6.45) is -3.32. The lowest BCUT2D eigenvalue weighted by atomic mass is 10.0. The van der Waals surface area contributed by atoms with Gasteiger partial charge in [0.05, 0.1) is 11.9 Å². The van der Waals surface area contributed by atoms with Gasteiger partial charge in [-0.2, -0.15) is 23.4 Å². The van der Waals surface area contributed by atoms with Crippen molar-refractivity contribution in [2.45, 2.75) is 6.18 Å². The van der Waals surface area contributed by atoms with Gasteiger partial charge < -0.3 is 5.11 Å². The van der Waals surface area contributed by atoms with Gasteiger partial charge in [0.2, 0.25) is 5.13 Å². The Morgan fingerprint density at radius 3 is 2.61 bits per heavy atom. The molecule has 0 aliphatic heterocycles. The first-order valence-corrected chi connectivity index (χ1v) is 11.4. The first-order valence-electron chi connectivity index (χ1n) is 10.5. The van der Waals surface area contributed by atoms with Crippen molar-refractivity contribution in [3.63, 3.8) is 0 Å². The minimum atomic E-state index is -4.66. The number of carbonyl (C=O) groups is 1. The molecule has 0 unspecified atom stereocenters. The Bertz CT molecular complexity index is 1610. The molecule has 2 heterocycles. The van der Waals surface area contributed by atoms with Crippen LogP contribution < -0.4 is 5.43 Å². The van der Waals surface area contributed by atoms with Crippen molar-refractivity contribution >= 4 is 34.2 Å². The molecule has 0 fully saturated rings. The molecule has 0 aliphatic rings. The Kier molecular flexibility index (Phi) is 5.98. The molecule has 11 heteroatoms. The third-order valence-electron chi connectivity index (χ3n) is 5.20.